The molecule has 1 aromatic carbocycles. The van der Waals surface area contributed by atoms with Crippen molar-refractivity contribution in [1.82, 2.24) is 10.2 Å². The average molecular weight is 288 g/mol. The molecule has 0 bridgehead atoms. The molecule has 1 unspecified atom stereocenters. The van der Waals surface area contributed by atoms with E-state index in [-0.39, 0.29) is 0 Å². The highest BCUT2D eigenvalue weighted by atomic mass is 15.3. The summed E-state index contributed by atoms with van der Waals surface area (Å²) < 4.78 is 0. The van der Waals surface area contributed by atoms with Crippen LogP contribution in [0.4, 0.5) is 0 Å². The lowest BCUT2D eigenvalue weighted by atomic mass is 10.0. The van der Waals surface area contributed by atoms with Gasteiger partial charge in [-0.2, -0.15) is 0 Å². The molecule has 3 N–H and O–H groups in total. The van der Waals surface area contributed by atoms with Crippen molar-refractivity contribution >= 4 is 5.96 Å². The molecule has 0 aromatic heterocycles. The van der Waals surface area contributed by atoms with Gasteiger partial charge in [-0.15, -0.1) is 0 Å². The predicted octanol–water partition coefficient (Wildman–Crippen LogP) is 2.86. The van der Waals surface area contributed by atoms with Crippen LogP contribution in [0.1, 0.15) is 50.8 Å². The van der Waals surface area contributed by atoms with Crippen LogP contribution in [0.2, 0.25) is 0 Å². The summed E-state index contributed by atoms with van der Waals surface area (Å²) in [6, 6.07) is 9.15. The Bertz CT molecular complexity index is 481. The fourth-order valence-corrected chi connectivity index (χ4v) is 2.87. The lowest BCUT2D eigenvalue weighted by Gasteiger charge is -2.22. The fraction of sp³-hybridized carbons (Fsp3) is 0.588. The first-order chi connectivity index (χ1) is 10.1. The Balaban J connectivity index is 1.89. The number of benzene rings is 1. The summed E-state index contributed by atoms with van der Waals surface area (Å²) in [6.45, 7) is 9.17. The van der Waals surface area contributed by atoms with Gasteiger partial charge >= 0.3 is 0 Å². The molecule has 0 amide bonds. The molecule has 1 aliphatic rings. The molecule has 1 aromatic rings. The van der Waals surface area contributed by atoms with Gasteiger partial charge in [0.1, 0.15) is 0 Å². The van der Waals surface area contributed by atoms with Crippen LogP contribution < -0.4 is 11.1 Å². The van der Waals surface area contributed by atoms with E-state index >= 15 is 0 Å². The van der Waals surface area contributed by atoms with Gasteiger partial charge < -0.3 is 11.1 Å². The third-order valence-corrected chi connectivity index (χ3v) is 4.07. The Morgan fingerprint density at radius 1 is 1.43 bits per heavy atom. The lowest BCUT2D eigenvalue weighted by molar-refractivity contribution is 0.217. The van der Waals surface area contributed by atoms with Crippen molar-refractivity contribution in [3.63, 3.8) is 0 Å². The molecule has 0 aliphatic carbocycles. The summed E-state index contributed by atoms with van der Waals surface area (Å²) in [5.41, 5.74) is 8.81. The zero-order valence-corrected chi connectivity index (χ0v) is 13.5. The monoisotopic (exact) mass is 288 g/mol. The zero-order chi connectivity index (χ0) is 15.2. The van der Waals surface area contributed by atoms with Crippen molar-refractivity contribution < 1.29 is 0 Å². The maximum absolute atomic E-state index is 5.94. The van der Waals surface area contributed by atoms with Crippen molar-refractivity contribution in [3.05, 3.63) is 35.4 Å². The van der Waals surface area contributed by atoms with Crippen molar-refractivity contribution in [2.24, 2.45) is 16.6 Å². The lowest BCUT2D eigenvalue weighted by Crippen LogP contribution is -2.34. The number of nitrogens with zero attached hydrogens (tertiary/aromatic N) is 2. The van der Waals surface area contributed by atoms with Crippen LogP contribution in [0.25, 0.3) is 0 Å². The molecule has 4 heteroatoms. The maximum atomic E-state index is 5.94. The van der Waals surface area contributed by atoms with Crippen LogP contribution in [-0.2, 0) is 6.54 Å². The van der Waals surface area contributed by atoms with Crippen LogP contribution in [0.15, 0.2) is 29.3 Å². The van der Waals surface area contributed by atoms with Gasteiger partial charge in [0.15, 0.2) is 5.96 Å². The SMILES string of the molecule is CCC1c2ccccc2CN1CN=C(N)NCCC(C)C. The van der Waals surface area contributed by atoms with Crippen molar-refractivity contribution in [2.75, 3.05) is 13.2 Å². The Morgan fingerprint density at radius 3 is 2.90 bits per heavy atom. The highest BCUT2D eigenvalue weighted by Gasteiger charge is 2.27. The highest BCUT2D eigenvalue weighted by molar-refractivity contribution is 5.77. The molecule has 0 radical (unpaired) electrons. The summed E-state index contributed by atoms with van der Waals surface area (Å²) in [5.74, 6) is 1.24. The predicted molar refractivity (Wildman–Crippen MR) is 89.0 cm³/mol. The first-order valence-corrected chi connectivity index (χ1v) is 7.97. The van der Waals surface area contributed by atoms with E-state index in [1.807, 2.05) is 0 Å². The first-order valence-electron chi connectivity index (χ1n) is 7.97. The smallest absolute Gasteiger partial charge is 0.189 e. The second-order valence-electron chi connectivity index (χ2n) is 6.16. The number of fused-ring (bicyclic) bond motifs is 1. The van der Waals surface area contributed by atoms with Crippen molar-refractivity contribution in [2.45, 2.75) is 46.2 Å². The second-order valence-corrected chi connectivity index (χ2v) is 6.16. The zero-order valence-electron chi connectivity index (χ0n) is 13.5. The normalized spacial score (nSPS) is 19.0. The first kappa shape index (κ1) is 15.8. The molecule has 0 saturated carbocycles. The van der Waals surface area contributed by atoms with Gasteiger partial charge in [-0.1, -0.05) is 45.0 Å². The number of guanidine groups is 1. The molecule has 4 nitrogen and oxygen atoms in total. The fourth-order valence-electron chi connectivity index (χ4n) is 2.87. The summed E-state index contributed by atoms with van der Waals surface area (Å²) >= 11 is 0. The van der Waals surface area contributed by atoms with Gasteiger partial charge in [-0.25, -0.2) is 4.99 Å². The molecule has 2 rings (SSSR count). The summed E-state index contributed by atoms with van der Waals surface area (Å²) in [5, 5.41) is 3.19. The largest absolute Gasteiger partial charge is 0.370 e. The van der Waals surface area contributed by atoms with E-state index < -0.39 is 0 Å². The molecule has 1 aliphatic heterocycles. The van der Waals surface area contributed by atoms with Crippen molar-refractivity contribution in [3.8, 4) is 0 Å². The van der Waals surface area contributed by atoms with E-state index in [1.165, 1.54) is 11.1 Å². The minimum absolute atomic E-state index is 0.466. The minimum Gasteiger partial charge on any atom is -0.370 e. The number of nitrogens with two attached hydrogens (primary N) is 1. The van der Waals surface area contributed by atoms with Gasteiger partial charge in [-0.3, -0.25) is 4.90 Å². The van der Waals surface area contributed by atoms with Crippen LogP contribution in [0, 0.1) is 5.92 Å². The molecular formula is C17H28N4. The van der Waals surface area contributed by atoms with Gasteiger partial charge in [0.2, 0.25) is 0 Å². The minimum atomic E-state index is 0.466. The van der Waals surface area contributed by atoms with Gasteiger partial charge in [0, 0.05) is 19.1 Å². The molecule has 0 fully saturated rings. The quantitative estimate of drug-likeness (QED) is 0.625. The molecule has 0 saturated heterocycles. The van der Waals surface area contributed by atoms with Crippen LogP contribution in [-0.4, -0.2) is 24.1 Å². The second kappa shape index (κ2) is 7.46. The van der Waals surface area contributed by atoms with E-state index in [0.29, 0.717) is 24.6 Å². The van der Waals surface area contributed by atoms with E-state index in [2.05, 4.69) is 60.2 Å². The molecule has 1 heterocycles. The van der Waals surface area contributed by atoms with Crippen molar-refractivity contribution in [1.29, 1.82) is 0 Å². The molecule has 21 heavy (non-hydrogen) atoms. The molecular weight excluding hydrogens is 260 g/mol. The van der Waals surface area contributed by atoms with E-state index in [0.717, 1.165) is 25.9 Å². The van der Waals surface area contributed by atoms with Crippen LogP contribution in [0.5, 0.6) is 0 Å². The maximum Gasteiger partial charge on any atom is 0.189 e. The third-order valence-electron chi connectivity index (χ3n) is 4.07. The molecule has 1 atom stereocenters. The van der Waals surface area contributed by atoms with E-state index in [9.17, 15) is 0 Å². The Labute approximate surface area is 128 Å². The van der Waals surface area contributed by atoms with Crippen LogP contribution in [0.3, 0.4) is 0 Å². The highest BCUT2D eigenvalue weighted by Crippen LogP contribution is 2.35. The Morgan fingerprint density at radius 2 is 2.19 bits per heavy atom. The Hall–Kier alpha value is -1.55. The number of hydrogen-bond donors (Lipinski definition) is 2. The molecule has 116 valence electrons. The van der Waals surface area contributed by atoms with Gasteiger partial charge in [0.05, 0.1) is 6.67 Å². The Kier molecular flexibility index (Phi) is 5.62. The third kappa shape index (κ3) is 4.21. The van der Waals surface area contributed by atoms with E-state index in [4.69, 9.17) is 5.73 Å². The summed E-state index contributed by atoms with van der Waals surface area (Å²) in [4.78, 5) is 6.88. The standard InChI is InChI=1S/C17H28N4/c1-4-16-15-8-6-5-7-14(15)11-21(16)12-20-17(18)19-10-9-13(2)3/h5-8,13,16H,4,9-12H2,1-3H3,(H3,18,19,20). The van der Waals surface area contributed by atoms with E-state index in [1.54, 1.807) is 0 Å². The summed E-state index contributed by atoms with van der Waals surface area (Å²) in [6.07, 6.45) is 2.22. The van der Waals surface area contributed by atoms with Gasteiger partial charge in [0.25, 0.3) is 0 Å². The van der Waals surface area contributed by atoms with Crippen LogP contribution >= 0.6 is 0 Å². The molecule has 0 spiro atoms. The average Bonchev–Trinajstić information content (AvgIpc) is 2.82. The number of rotatable bonds is 6. The summed E-state index contributed by atoms with van der Waals surface area (Å²) in [7, 11) is 0. The number of hydrogen-bond acceptors (Lipinski definition) is 2. The topological polar surface area (TPSA) is 53.6 Å². The number of aliphatic imine (C=N–C) groups is 1. The van der Waals surface area contributed by atoms with Gasteiger partial charge in [-0.05, 0) is 29.9 Å². The number of nitrogens with one attached hydrogen (secondary N) is 1.